The fourth-order valence-corrected chi connectivity index (χ4v) is 16.3. The Bertz CT molecular complexity index is 2950. The first kappa shape index (κ1) is 43.6. The van der Waals surface area contributed by atoms with Gasteiger partial charge in [-0.05, 0) is 137 Å². The summed E-state index contributed by atoms with van der Waals surface area (Å²) in [7, 11) is -12.2. The molecule has 0 bridgehead atoms. The van der Waals surface area contributed by atoms with Crippen LogP contribution in [0.1, 0.15) is 44.5 Å². The van der Waals surface area contributed by atoms with E-state index in [0.29, 0.717) is 21.5 Å². The van der Waals surface area contributed by atoms with Gasteiger partial charge in [0, 0.05) is 10.8 Å². The van der Waals surface area contributed by atoms with Crippen LogP contribution in [0, 0.1) is 55.4 Å². The van der Waals surface area contributed by atoms with Gasteiger partial charge in [-0.3, -0.25) is 9.11 Å². The second-order valence-electron chi connectivity index (χ2n) is 16.6. The van der Waals surface area contributed by atoms with E-state index in [1.165, 1.54) is 12.1 Å². The van der Waals surface area contributed by atoms with Crippen molar-refractivity contribution in [3.8, 4) is 11.1 Å². The predicted octanol–water partition coefficient (Wildman–Crippen LogP) is 10.1. The molecule has 0 saturated heterocycles. The summed E-state index contributed by atoms with van der Waals surface area (Å²) < 4.78 is 74.3. The van der Waals surface area contributed by atoms with Crippen LogP contribution in [0.25, 0.3) is 32.7 Å². The third kappa shape index (κ3) is 8.53. The molecule has 0 amide bonds. The molecule has 0 saturated carbocycles. The maximum Gasteiger partial charge on any atom is 0.295 e. The molecule has 0 unspecified atom stereocenters. The lowest BCUT2D eigenvalue weighted by atomic mass is 9.93. The second kappa shape index (κ2) is 16.6. The van der Waals surface area contributed by atoms with E-state index in [2.05, 4.69) is 128 Å². The van der Waals surface area contributed by atoms with Crippen molar-refractivity contribution in [2.24, 2.45) is 0 Å². The smallest absolute Gasteiger partial charge is 0.282 e. The SMILES string of the molecule is Cc1cc(C)cc(P(c2cc(C)cc(C)c2)c2ccc3c(S(=O)(=O)O)cccc3c2-c2c(P(c3cc(C)cc(C)c3)c3cc(C)cc(C)c3)ccc3c(S(=O)(=O)O)cccc23)c1. The van der Waals surface area contributed by atoms with Crippen molar-refractivity contribution in [3.63, 3.8) is 0 Å². The average molecular weight is 895 g/mol. The van der Waals surface area contributed by atoms with Crippen molar-refractivity contribution in [2.45, 2.75) is 65.2 Å². The molecule has 6 nitrogen and oxygen atoms in total. The Balaban J connectivity index is 1.66. The van der Waals surface area contributed by atoms with Crippen molar-refractivity contribution >= 4 is 89.5 Å². The van der Waals surface area contributed by atoms with E-state index in [9.17, 15) is 25.9 Å². The molecule has 8 aromatic carbocycles. The molecule has 0 aliphatic heterocycles. The topological polar surface area (TPSA) is 109 Å². The third-order valence-corrected chi connectivity index (χ3v) is 17.8. The Labute approximate surface area is 367 Å². The lowest BCUT2D eigenvalue weighted by Crippen LogP contribution is -2.27. The Hall–Kier alpha value is -5.04. The highest BCUT2D eigenvalue weighted by atomic mass is 32.2. The van der Waals surface area contributed by atoms with Crippen molar-refractivity contribution in [3.05, 3.63) is 178 Å². The summed E-state index contributed by atoms with van der Waals surface area (Å²) in [6.07, 6.45) is 0. The Morgan fingerprint density at radius 2 is 0.597 bits per heavy atom. The van der Waals surface area contributed by atoms with Crippen LogP contribution in [0.2, 0.25) is 0 Å². The second-order valence-corrected chi connectivity index (χ2v) is 23.8. The number of benzene rings is 8. The third-order valence-electron chi connectivity index (χ3n) is 11.1. The molecule has 2 N–H and O–H groups in total. The fourth-order valence-electron chi connectivity index (χ4n) is 9.16. The molecule has 0 aliphatic rings. The summed E-state index contributed by atoms with van der Waals surface area (Å²) in [5.41, 5.74) is 10.3. The van der Waals surface area contributed by atoms with Crippen molar-refractivity contribution in [1.29, 1.82) is 0 Å². The van der Waals surface area contributed by atoms with E-state index in [0.717, 1.165) is 87.5 Å². The minimum Gasteiger partial charge on any atom is -0.282 e. The summed E-state index contributed by atoms with van der Waals surface area (Å²) in [5, 5.41) is 8.08. The molecule has 8 aromatic rings. The monoisotopic (exact) mass is 894 g/mol. The summed E-state index contributed by atoms with van der Waals surface area (Å²) in [6, 6.07) is 43.9. The van der Waals surface area contributed by atoms with Crippen molar-refractivity contribution < 1.29 is 25.9 Å². The summed E-state index contributed by atoms with van der Waals surface area (Å²) in [4.78, 5) is -0.451. The maximum absolute atomic E-state index is 13.2. The Morgan fingerprint density at radius 3 is 0.839 bits per heavy atom. The van der Waals surface area contributed by atoms with Crippen LogP contribution in [0.3, 0.4) is 0 Å². The van der Waals surface area contributed by atoms with Gasteiger partial charge < -0.3 is 0 Å². The van der Waals surface area contributed by atoms with Crippen LogP contribution in [-0.2, 0) is 20.2 Å². The molecule has 8 rings (SSSR count). The van der Waals surface area contributed by atoms with Gasteiger partial charge in [0.2, 0.25) is 0 Å². The Morgan fingerprint density at radius 1 is 0.339 bits per heavy atom. The van der Waals surface area contributed by atoms with E-state index in [-0.39, 0.29) is 9.79 Å². The Kier molecular flexibility index (Phi) is 11.7. The zero-order valence-corrected chi connectivity index (χ0v) is 39.4. The van der Waals surface area contributed by atoms with Crippen LogP contribution in [0.15, 0.2) is 143 Å². The number of aryl methyl sites for hydroxylation is 8. The molecular weight excluding hydrogens is 847 g/mol. The molecule has 0 aromatic heterocycles. The van der Waals surface area contributed by atoms with Gasteiger partial charge in [-0.25, -0.2) is 0 Å². The molecule has 0 radical (unpaired) electrons. The molecule has 0 aliphatic carbocycles. The predicted molar refractivity (Wildman–Crippen MR) is 262 cm³/mol. The van der Waals surface area contributed by atoms with Gasteiger partial charge in [-0.15, -0.1) is 0 Å². The number of hydrogen-bond donors (Lipinski definition) is 2. The highest BCUT2D eigenvalue weighted by Crippen LogP contribution is 2.47. The molecule has 10 heteroatoms. The van der Waals surface area contributed by atoms with Crippen molar-refractivity contribution in [2.75, 3.05) is 0 Å². The standard InChI is InChI=1S/C52H48O6P2S2/c1-31-19-32(2)24-39(23-31)59(40-25-33(3)20-34(4)26-40)47-17-15-43-45(11-9-13-49(43)61(53,54)55)51(47)52-46-12-10-14-50(62(56,57)58)44(46)16-18-48(52)60(41-27-35(5)21-36(6)28-41)42-29-37(7)22-38(8)30-42/h9-30H,1-8H3,(H,53,54,55)(H,56,57,58). The van der Waals surface area contributed by atoms with Crippen LogP contribution in [0.5, 0.6) is 0 Å². The summed E-state index contributed by atoms with van der Waals surface area (Å²) in [6.45, 7) is 16.7. The number of rotatable bonds is 9. The van der Waals surface area contributed by atoms with Crippen LogP contribution >= 0.6 is 15.8 Å². The molecule has 0 heterocycles. The largest absolute Gasteiger partial charge is 0.295 e. The van der Waals surface area contributed by atoms with Gasteiger partial charge in [-0.2, -0.15) is 16.8 Å². The lowest BCUT2D eigenvalue weighted by Gasteiger charge is -2.29. The first-order valence-corrected chi connectivity index (χ1v) is 25.8. The highest BCUT2D eigenvalue weighted by Gasteiger charge is 2.31. The molecule has 0 fully saturated rings. The fraction of sp³-hybridized carbons (Fsp3) is 0.154. The van der Waals surface area contributed by atoms with E-state index in [1.54, 1.807) is 24.3 Å². The highest BCUT2D eigenvalue weighted by molar-refractivity contribution is 7.86. The molecular formula is C52H48O6P2S2. The zero-order valence-electron chi connectivity index (χ0n) is 35.9. The normalized spacial score (nSPS) is 12.3. The van der Waals surface area contributed by atoms with E-state index in [4.69, 9.17) is 0 Å². The van der Waals surface area contributed by atoms with E-state index in [1.807, 2.05) is 24.3 Å². The minimum atomic E-state index is -4.69. The number of hydrogen-bond acceptors (Lipinski definition) is 4. The molecule has 0 spiro atoms. The quantitative estimate of drug-likeness (QED) is 0.110. The van der Waals surface area contributed by atoms with Gasteiger partial charge in [0.05, 0.1) is 0 Å². The van der Waals surface area contributed by atoms with Crippen molar-refractivity contribution in [1.82, 2.24) is 0 Å². The zero-order chi connectivity index (χ0) is 44.4. The van der Waals surface area contributed by atoms with E-state index >= 15 is 0 Å². The van der Waals surface area contributed by atoms with Gasteiger partial charge in [0.15, 0.2) is 0 Å². The van der Waals surface area contributed by atoms with Gasteiger partial charge in [-0.1, -0.05) is 166 Å². The van der Waals surface area contributed by atoms with E-state index < -0.39 is 36.1 Å². The van der Waals surface area contributed by atoms with Crippen LogP contribution in [0.4, 0.5) is 0 Å². The summed E-state index contributed by atoms with van der Waals surface area (Å²) in [5.74, 6) is 0. The minimum absolute atomic E-state index is 0.226. The lowest BCUT2D eigenvalue weighted by molar-refractivity contribution is 0.482. The average Bonchev–Trinajstić information content (AvgIpc) is 3.15. The van der Waals surface area contributed by atoms with Crippen LogP contribution < -0.4 is 31.8 Å². The maximum atomic E-state index is 13.2. The van der Waals surface area contributed by atoms with Crippen LogP contribution in [-0.4, -0.2) is 25.9 Å². The molecule has 0 atom stereocenters. The summed E-state index contributed by atoms with van der Waals surface area (Å²) >= 11 is 0. The number of fused-ring (bicyclic) bond motifs is 2. The first-order valence-electron chi connectivity index (χ1n) is 20.3. The van der Waals surface area contributed by atoms with Gasteiger partial charge in [0.1, 0.15) is 9.79 Å². The van der Waals surface area contributed by atoms with Gasteiger partial charge in [0.25, 0.3) is 20.2 Å². The molecule has 62 heavy (non-hydrogen) atoms. The first-order chi connectivity index (χ1) is 29.3. The van der Waals surface area contributed by atoms with Gasteiger partial charge >= 0.3 is 0 Å². The molecule has 314 valence electrons.